The first-order chi connectivity index (χ1) is 36.3. The monoisotopic (exact) mass is 956 g/mol. The molecule has 2 N–H and O–H groups in total. The van der Waals surface area contributed by atoms with Crippen LogP contribution >= 0.6 is 0 Å². The Labute approximate surface area is 426 Å². The Hall–Kier alpha value is -10.0. The van der Waals surface area contributed by atoms with E-state index in [0.717, 1.165) is 33.0 Å². The standard InChI is InChI=1S/C62H42B2N6O4/c1-39-23-33-53-51(35-39)67-61(73-53)49(37-65)59-55-56(58(42-27-31-48(72)32-28-42)69(59)63(43-15-7-3-8-16-43)44-17-9-4-10-18-44)60(50(38-66)62-68-52-36-40(2)24-34-54(52)74-62)70(57(55)41-25-29-47(71)30-26-41)64(45-19-11-5-12-20-45)46-21-13-6-14-22-46/h3-36,71-72H,1-2H3/b59-49-,60-50-. The van der Waals surface area contributed by atoms with E-state index < -0.39 is 13.7 Å². The van der Waals surface area contributed by atoms with Crippen LogP contribution in [-0.4, -0.2) is 42.8 Å². The van der Waals surface area contributed by atoms with Gasteiger partial charge in [-0.1, -0.05) is 155 Å². The second-order valence-electron chi connectivity index (χ2n) is 18.4. The van der Waals surface area contributed by atoms with Crippen LogP contribution in [0.25, 0.3) is 66.6 Å². The third-order valence-electron chi connectivity index (χ3n) is 13.6. The molecule has 4 heterocycles. The van der Waals surface area contributed by atoms with Gasteiger partial charge in [-0.2, -0.15) is 10.5 Å². The highest BCUT2D eigenvalue weighted by atomic mass is 16.4. The van der Waals surface area contributed by atoms with Crippen molar-refractivity contribution in [3.05, 3.63) is 240 Å². The van der Waals surface area contributed by atoms with Gasteiger partial charge in [-0.15, -0.1) is 0 Å². The minimum absolute atomic E-state index is 0.0545. The SMILES string of the molecule is Cc1ccc2oc(/C(C#N)=c3/c4c(-c5ccc(O)cc5)n(B(c5ccccc5)c5ccccc5)/c(=C(/C#N)c5nc6cc(C)ccc6o5)c4c(-c4ccc(O)cc4)n3B(c3ccccc3)c3ccccc3)nc2c1. The van der Waals surface area contributed by atoms with Crippen LogP contribution in [-0.2, 0) is 0 Å². The largest absolute Gasteiger partial charge is 0.508 e. The normalized spacial score (nSPS) is 12.2. The molecular formula is C62H42B2N6O4. The molecule has 350 valence electrons. The third kappa shape index (κ3) is 7.79. The smallest absolute Gasteiger partial charge is 0.328 e. The number of fused-ring (bicyclic) bond motifs is 3. The van der Waals surface area contributed by atoms with Crippen molar-refractivity contribution >= 4 is 79.7 Å². The number of oxazole rings is 2. The van der Waals surface area contributed by atoms with Gasteiger partial charge in [0.05, 0.1) is 10.7 Å². The van der Waals surface area contributed by atoms with Gasteiger partial charge >= 0.3 is 13.7 Å². The van der Waals surface area contributed by atoms with E-state index in [0.29, 0.717) is 66.2 Å². The summed E-state index contributed by atoms with van der Waals surface area (Å²) in [5, 5.41) is 48.2. The van der Waals surface area contributed by atoms with Crippen LogP contribution in [0.4, 0.5) is 0 Å². The van der Waals surface area contributed by atoms with Crippen molar-refractivity contribution < 1.29 is 19.0 Å². The molecule has 0 saturated heterocycles. The van der Waals surface area contributed by atoms with Crippen molar-refractivity contribution in [3.63, 3.8) is 0 Å². The predicted octanol–water partition coefficient (Wildman–Crippen LogP) is 8.84. The zero-order valence-corrected chi connectivity index (χ0v) is 40.2. The molecule has 12 rings (SSSR count). The second kappa shape index (κ2) is 18.6. The van der Waals surface area contributed by atoms with Crippen molar-refractivity contribution in [3.8, 4) is 46.2 Å². The van der Waals surface area contributed by atoms with E-state index in [1.807, 2.05) is 147 Å². The number of benzene rings is 8. The molecule has 0 fully saturated rings. The molecule has 0 radical (unpaired) electrons. The van der Waals surface area contributed by atoms with E-state index >= 15 is 0 Å². The Balaban J connectivity index is 1.45. The predicted molar refractivity (Wildman–Crippen MR) is 294 cm³/mol. The lowest BCUT2D eigenvalue weighted by molar-refractivity contribution is 0.475. The van der Waals surface area contributed by atoms with Gasteiger partial charge in [0.2, 0.25) is 11.8 Å². The van der Waals surface area contributed by atoms with Crippen LogP contribution < -0.4 is 32.5 Å². The molecule has 74 heavy (non-hydrogen) atoms. The number of phenolic OH excluding ortho intramolecular Hbond substituents is 2. The first kappa shape index (κ1) is 45.1. The molecule has 10 nitrogen and oxygen atoms in total. The molecule has 4 aromatic heterocycles. The maximum Gasteiger partial charge on any atom is 0.328 e. The molecule has 0 spiro atoms. The average Bonchev–Trinajstić information content (AvgIpc) is 4.21. The highest BCUT2D eigenvalue weighted by molar-refractivity contribution is 6.85. The summed E-state index contributed by atoms with van der Waals surface area (Å²) in [5.74, 6) is 0.300. The van der Waals surface area contributed by atoms with Gasteiger partial charge < -0.3 is 28.0 Å². The van der Waals surface area contributed by atoms with E-state index in [9.17, 15) is 20.7 Å². The Morgan fingerprint density at radius 1 is 0.446 bits per heavy atom. The van der Waals surface area contributed by atoms with Gasteiger partial charge in [0.25, 0.3) is 0 Å². The Morgan fingerprint density at radius 2 is 0.770 bits per heavy atom. The zero-order chi connectivity index (χ0) is 50.5. The van der Waals surface area contributed by atoms with E-state index in [-0.39, 0.29) is 34.4 Å². The Kier molecular flexibility index (Phi) is 11.4. The molecule has 0 aliphatic heterocycles. The molecule has 12 aromatic rings. The van der Waals surface area contributed by atoms with Crippen LogP contribution in [0.2, 0.25) is 0 Å². The number of rotatable bonds is 10. The van der Waals surface area contributed by atoms with E-state index in [4.69, 9.17) is 18.8 Å². The molecule has 0 aliphatic carbocycles. The minimum atomic E-state index is -0.635. The lowest BCUT2D eigenvalue weighted by Crippen LogP contribution is -2.54. The second-order valence-corrected chi connectivity index (χ2v) is 18.4. The van der Waals surface area contributed by atoms with E-state index in [2.05, 4.69) is 69.6 Å². The fourth-order valence-corrected chi connectivity index (χ4v) is 10.4. The van der Waals surface area contributed by atoms with Gasteiger partial charge in [0, 0.05) is 22.2 Å². The Bertz CT molecular complexity index is 3950. The summed E-state index contributed by atoms with van der Waals surface area (Å²) >= 11 is 0. The van der Waals surface area contributed by atoms with Gasteiger partial charge in [-0.05, 0) is 109 Å². The number of hydrogen-bond donors (Lipinski definition) is 2. The van der Waals surface area contributed by atoms with Crippen molar-refractivity contribution in [2.75, 3.05) is 0 Å². The minimum Gasteiger partial charge on any atom is -0.508 e. The average molecular weight is 957 g/mol. The van der Waals surface area contributed by atoms with E-state index in [1.165, 1.54) is 0 Å². The van der Waals surface area contributed by atoms with Crippen molar-refractivity contribution in [1.29, 1.82) is 10.5 Å². The first-order valence-corrected chi connectivity index (χ1v) is 24.2. The number of aromatic hydroxyl groups is 2. The summed E-state index contributed by atoms with van der Waals surface area (Å²) in [7, 11) is 0. The molecule has 0 unspecified atom stereocenters. The van der Waals surface area contributed by atoms with Crippen molar-refractivity contribution in [1.82, 2.24) is 18.9 Å². The lowest BCUT2D eigenvalue weighted by atomic mass is 9.50. The van der Waals surface area contributed by atoms with Crippen molar-refractivity contribution in [2.24, 2.45) is 0 Å². The summed E-state index contributed by atoms with van der Waals surface area (Å²) < 4.78 is 17.7. The Morgan fingerprint density at radius 3 is 1.08 bits per heavy atom. The van der Waals surface area contributed by atoms with Crippen LogP contribution in [0, 0.1) is 36.5 Å². The topological polar surface area (TPSA) is 150 Å². The molecular weight excluding hydrogens is 914 g/mol. The summed E-state index contributed by atoms with van der Waals surface area (Å²) in [5.41, 5.74) is 10.5. The summed E-state index contributed by atoms with van der Waals surface area (Å²) in [4.78, 5) is 10.2. The number of aromatic nitrogens is 4. The quantitative estimate of drug-likeness (QED) is 0.129. The molecule has 0 atom stereocenters. The highest BCUT2D eigenvalue weighted by Crippen LogP contribution is 2.38. The van der Waals surface area contributed by atoms with Crippen LogP contribution in [0.1, 0.15) is 22.9 Å². The van der Waals surface area contributed by atoms with Crippen LogP contribution in [0.5, 0.6) is 11.5 Å². The van der Waals surface area contributed by atoms with Gasteiger partial charge in [-0.25, -0.2) is 9.97 Å². The number of nitrogens with zero attached hydrogens (tertiary/aromatic N) is 6. The number of aryl methyl sites for hydroxylation is 2. The van der Waals surface area contributed by atoms with Crippen LogP contribution in [0.3, 0.4) is 0 Å². The maximum atomic E-state index is 12.1. The molecule has 12 heteroatoms. The van der Waals surface area contributed by atoms with E-state index in [1.54, 1.807) is 24.3 Å². The number of phenols is 2. The van der Waals surface area contributed by atoms with Gasteiger partial charge in [0.1, 0.15) is 45.8 Å². The van der Waals surface area contributed by atoms with Gasteiger partial charge in [0.15, 0.2) is 11.2 Å². The molecule has 0 saturated carbocycles. The van der Waals surface area contributed by atoms with Crippen molar-refractivity contribution in [2.45, 2.75) is 13.8 Å². The molecule has 0 aliphatic rings. The maximum absolute atomic E-state index is 12.1. The molecule has 8 aromatic carbocycles. The molecule has 0 bridgehead atoms. The fourth-order valence-electron chi connectivity index (χ4n) is 10.4. The number of nitriles is 2. The summed E-state index contributed by atoms with van der Waals surface area (Å²) in [6.07, 6.45) is 0. The zero-order valence-electron chi connectivity index (χ0n) is 40.2. The van der Waals surface area contributed by atoms with Gasteiger partial charge in [-0.3, -0.25) is 0 Å². The lowest BCUT2D eigenvalue weighted by Gasteiger charge is -2.24. The van der Waals surface area contributed by atoms with Crippen LogP contribution in [0.15, 0.2) is 215 Å². The summed E-state index contributed by atoms with van der Waals surface area (Å²) in [6, 6.07) is 71.1. The highest BCUT2D eigenvalue weighted by Gasteiger charge is 2.38. The third-order valence-corrected chi connectivity index (χ3v) is 13.6. The number of hydrogen-bond acceptors (Lipinski definition) is 8. The fraction of sp³-hybridized carbons (Fsp3) is 0.0323. The molecule has 0 amide bonds. The summed E-state index contributed by atoms with van der Waals surface area (Å²) in [6.45, 7) is 2.70. The first-order valence-electron chi connectivity index (χ1n) is 24.2.